The van der Waals surface area contributed by atoms with E-state index in [-0.39, 0.29) is 23.9 Å². The van der Waals surface area contributed by atoms with E-state index in [2.05, 4.69) is 0 Å². The number of hydrogen-bond acceptors (Lipinski definition) is 4. The van der Waals surface area contributed by atoms with Gasteiger partial charge in [-0.1, -0.05) is 36.2 Å². The van der Waals surface area contributed by atoms with Crippen molar-refractivity contribution in [3.8, 4) is 0 Å². The highest BCUT2D eigenvalue weighted by Crippen LogP contribution is 2.36. The first-order valence-electron chi connectivity index (χ1n) is 8.98. The lowest BCUT2D eigenvalue weighted by molar-refractivity contribution is -0.132. The van der Waals surface area contributed by atoms with E-state index in [0.29, 0.717) is 23.3 Å². The summed E-state index contributed by atoms with van der Waals surface area (Å²) in [6.45, 7) is 7.10. The Hall–Kier alpha value is -1.79. The molecule has 0 spiro atoms. The van der Waals surface area contributed by atoms with E-state index >= 15 is 0 Å². The third kappa shape index (κ3) is 5.85. The molecule has 0 saturated heterocycles. The number of hydrogen-bond donors (Lipinski definition) is 0. The van der Waals surface area contributed by atoms with E-state index in [9.17, 15) is 14.4 Å². The fourth-order valence-electron chi connectivity index (χ4n) is 2.89. The van der Waals surface area contributed by atoms with Gasteiger partial charge in [0.05, 0.1) is 15.6 Å². The average Bonchev–Trinajstić information content (AvgIpc) is 2.60. The number of amides is 2. The monoisotopic (exact) mass is 430 g/mol. The van der Waals surface area contributed by atoms with Gasteiger partial charge >= 0.3 is 6.09 Å². The highest BCUT2D eigenvalue weighted by Gasteiger charge is 2.42. The van der Waals surface area contributed by atoms with Gasteiger partial charge in [-0.05, 0) is 38.5 Å². The van der Waals surface area contributed by atoms with Gasteiger partial charge < -0.3 is 14.4 Å². The Labute approximate surface area is 176 Å². The summed E-state index contributed by atoms with van der Waals surface area (Å²) < 4.78 is 5.50. The second-order valence-electron chi connectivity index (χ2n) is 7.67. The molecule has 0 saturated carbocycles. The Morgan fingerprint density at radius 3 is 2.21 bits per heavy atom. The number of halogens is 2. The number of rotatable bonds is 7. The van der Waals surface area contributed by atoms with Crippen molar-refractivity contribution >= 4 is 41.5 Å². The van der Waals surface area contributed by atoms with Crippen molar-refractivity contribution in [3.63, 3.8) is 0 Å². The summed E-state index contributed by atoms with van der Waals surface area (Å²) in [6.07, 6.45) is 0.346. The molecule has 1 aromatic carbocycles. The molecule has 1 rings (SSSR count). The smallest absolute Gasteiger partial charge is 0.410 e. The summed E-state index contributed by atoms with van der Waals surface area (Å²) >= 11 is 12.2. The summed E-state index contributed by atoms with van der Waals surface area (Å²) in [4.78, 5) is 39.6. The molecule has 8 heteroatoms. The number of carbonyl (C=O) groups is 3. The second-order valence-corrected chi connectivity index (χ2v) is 8.49. The minimum atomic E-state index is -1.17. The summed E-state index contributed by atoms with van der Waals surface area (Å²) in [5.41, 5.74) is -1.31. The normalized spacial score (nSPS) is 13.4. The molecule has 0 aliphatic heterocycles. The van der Waals surface area contributed by atoms with E-state index < -0.39 is 17.2 Å². The van der Waals surface area contributed by atoms with Crippen LogP contribution in [-0.2, 0) is 19.9 Å². The van der Waals surface area contributed by atoms with Gasteiger partial charge in [0.15, 0.2) is 0 Å². The predicted molar refractivity (Wildman–Crippen MR) is 111 cm³/mol. The molecule has 0 N–H and O–H groups in total. The fourth-order valence-corrected chi connectivity index (χ4v) is 3.19. The van der Waals surface area contributed by atoms with Crippen molar-refractivity contribution in [2.75, 3.05) is 20.6 Å². The lowest BCUT2D eigenvalue weighted by atomic mass is 9.84. The zero-order chi connectivity index (χ0) is 21.7. The van der Waals surface area contributed by atoms with E-state index in [4.69, 9.17) is 27.9 Å². The van der Waals surface area contributed by atoms with Crippen LogP contribution in [0.3, 0.4) is 0 Å². The molecule has 0 bridgehead atoms. The van der Waals surface area contributed by atoms with Crippen LogP contribution in [-0.4, -0.2) is 54.3 Å². The highest BCUT2D eigenvalue weighted by atomic mass is 35.5. The van der Waals surface area contributed by atoms with Gasteiger partial charge in [-0.25, -0.2) is 4.79 Å². The Kier molecular flexibility index (Phi) is 8.32. The van der Waals surface area contributed by atoms with Crippen LogP contribution in [0.15, 0.2) is 18.2 Å². The van der Waals surface area contributed by atoms with Crippen molar-refractivity contribution in [1.82, 2.24) is 9.80 Å². The Morgan fingerprint density at radius 2 is 1.75 bits per heavy atom. The van der Waals surface area contributed by atoms with Gasteiger partial charge in [0.2, 0.25) is 5.91 Å². The molecule has 1 atom stereocenters. The van der Waals surface area contributed by atoms with Crippen molar-refractivity contribution < 1.29 is 19.1 Å². The Balaban J connectivity index is 3.55. The summed E-state index contributed by atoms with van der Waals surface area (Å²) in [6, 6.07) is 4.91. The zero-order valence-electron chi connectivity index (χ0n) is 17.2. The molecule has 1 aromatic rings. The summed E-state index contributed by atoms with van der Waals surface area (Å²) in [7, 11) is 3.18. The molecular weight excluding hydrogens is 403 g/mol. The van der Waals surface area contributed by atoms with Crippen LogP contribution < -0.4 is 0 Å². The molecule has 0 unspecified atom stereocenters. The number of carbonyl (C=O) groups excluding carboxylic acids is 3. The van der Waals surface area contributed by atoms with Crippen molar-refractivity contribution in [2.24, 2.45) is 0 Å². The number of benzene rings is 1. The van der Waals surface area contributed by atoms with Gasteiger partial charge in [-0.3, -0.25) is 9.69 Å². The lowest BCUT2D eigenvalue weighted by Gasteiger charge is -2.43. The van der Waals surface area contributed by atoms with E-state index in [1.54, 1.807) is 60.0 Å². The van der Waals surface area contributed by atoms with Gasteiger partial charge in [-0.2, -0.15) is 0 Å². The number of aldehydes is 1. The third-order valence-corrected chi connectivity index (χ3v) is 5.15. The number of nitrogens with zero attached hydrogens (tertiary/aromatic N) is 2. The largest absolute Gasteiger partial charge is 0.444 e. The van der Waals surface area contributed by atoms with Crippen LogP contribution in [0.5, 0.6) is 0 Å². The first-order chi connectivity index (χ1) is 12.9. The van der Waals surface area contributed by atoms with Gasteiger partial charge in [0.25, 0.3) is 0 Å². The van der Waals surface area contributed by atoms with E-state index in [1.165, 1.54) is 9.80 Å². The van der Waals surface area contributed by atoms with Gasteiger partial charge in [0, 0.05) is 33.5 Å². The quantitative estimate of drug-likeness (QED) is 0.596. The Morgan fingerprint density at radius 1 is 1.14 bits per heavy atom. The van der Waals surface area contributed by atoms with Crippen molar-refractivity contribution in [2.45, 2.75) is 51.7 Å². The predicted octanol–water partition coefficient (Wildman–Crippen LogP) is 4.51. The molecule has 156 valence electrons. The molecule has 0 aliphatic carbocycles. The van der Waals surface area contributed by atoms with E-state index in [1.807, 2.05) is 0 Å². The Bertz CT molecular complexity index is 733. The number of likely N-dealkylation sites (N-methyl/N-ethyl adjacent to an activating group) is 2. The lowest BCUT2D eigenvalue weighted by Crippen LogP contribution is -2.55. The van der Waals surface area contributed by atoms with Crippen LogP contribution in [0, 0.1) is 0 Å². The minimum Gasteiger partial charge on any atom is -0.444 e. The maximum absolute atomic E-state index is 12.9. The van der Waals surface area contributed by atoms with Crippen molar-refractivity contribution in [1.29, 1.82) is 0 Å². The van der Waals surface area contributed by atoms with Crippen LogP contribution in [0.2, 0.25) is 10.0 Å². The molecule has 0 radical (unpaired) electrons. The molecular formula is C20H28Cl2N2O4. The van der Waals surface area contributed by atoms with Crippen LogP contribution in [0.25, 0.3) is 0 Å². The number of ether oxygens (including phenoxy) is 1. The molecule has 6 nitrogen and oxygen atoms in total. The summed E-state index contributed by atoms with van der Waals surface area (Å²) in [5.74, 6) is -0.118. The zero-order valence-corrected chi connectivity index (χ0v) is 18.7. The molecule has 0 fully saturated rings. The average molecular weight is 431 g/mol. The molecule has 0 heterocycles. The minimum absolute atomic E-state index is 0.0535. The first-order valence-corrected chi connectivity index (χ1v) is 9.73. The standard InChI is InChI=1S/C20H28Cl2N2O4/c1-7-17(26)23(5)13-20(10-11-25,14-8-9-15(21)16(22)12-14)24(6)18(27)28-19(2,3)4/h8-9,11-12H,7,10,13H2,1-6H3/t20-/m1/s1. The van der Waals surface area contributed by atoms with Gasteiger partial charge in [-0.15, -0.1) is 0 Å². The third-order valence-electron chi connectivity index (χ3n) is 4.41. The second kappa shape index (κ2) is 9.61. The maximum atomic E-state index is 12.9. The molecule has 28 heavy (non-hydrogen) atoms. The van der Waals surface area contributed by atoms with Gasteiger partial charge in [0.1, 0.15) is 11.9 Å². The maximum Gasteiger partial charge on any atom is 0.410 e. The van der Waals surface area contributed by atoms with Crippen LogP contribution in [0.4, 0.5) is 4.79 Å². The van der Waals surface area contributed by atoms with Crippen LogP contribution in [0.1, 0.15) is 46.1 Å². The first kappa shape index (κ1) is 24.2. The van der Waals surface area contributed by atoms with Crippen molar-refractivity contribution in [3.05, 3.63) is 33.8 Å². The SMILES string of the molecule is CCC(=O)N(C)C[C@](CC=O)(c1ccc(Cl)c(Cl)c1)N(C)C(=O)OC(C)(C)C. The van der Waals surface area contributed by atoms with Crippen LogP contribution >= 0.6 is 23.2 Å². The molecule has 0 aliphatic rings. The fraction of sp³-hybridized carbons (Fsp3) is 0.550. The van der Waals surface area contributed by atoms with E-state index in [0.717, 1.165) is 0 Å². The topological polar surface area (TPSA) is 66.9 Å². The highest BCUT2D eigenvalue weighted by molar-refractivity contribution is 6.42. The summed E-state index contributed by atoms with van der Waals surface area (Å²) in [5, 5.41) is 0.639. The molecule has 0 aromatic heterocycles. The molecule has 2 amide bonds.